The second-order valence-electron chi connectivity index (χ2n) is 4.13. The molecule has 0 aromatic heterocycles. The van der Waals surface area contributed by atoms with Crippen LogP contribution in [-0.2, 0) is 0 Å². The third-order valence-electron chi connectivity index (χ3n) is 2.29. The molecule has 60 valence electrons. The van der Waals surface area contributed by atoms with Crippen molar-refractivity contribution in [2.45, 2.75) is 45.4 Å². The van der Waals surface area contributed by atoms with E-state index in [0.29, 0.717) is 6.04 Å². The smallest absolute Gasteiger partial charge is 0.0819 e. The molecular formula is C8H17NO. The summed E-state index contributed by atoms with van der Waals surface area (Å²) in [7, 11) is 0. The molecule has 1 aliphatic heterocycles. The van der Waals surface area contributed by atoms with Crippen LogP contribution in [0.5, 0.6) is 0 Å². The van der Waals surface area contributed by atoms with Gasteiger partial charge in [-0.05, 0) is 27.7 Å². The van der Waals surface area contributed by atoms with Gasteiger partial charge < -0.3 is 5.11 Å². The van der Waals surface area contributed by atoms with Crippen LogP contribution in [0.2, 0.25) is 0 Å². The summed E-state index contributed by atoms with van der Waals surface area (Å²) in [5, 5.41) is 9.21. The summed E-state index contributed by atoms with van der Waals surface area (Å²) in [6, 6.07) is 0.347. The molecule has 1 saturated heterocycles. The van der Waals surface area contributed by atoms with Crippen molar-refractivity contribution in [3.05, 3.63) is 0 Å². The maximum atomic E-state index is 9.21. The Labute approximate surface area is 62.8 Å². The molecule has 0 spiro atoms. The lowest BCUT2D eigenvalue weighted by Gasteiger charge is -2.51. The van der Waals surface area contributed by atoms with Crippen LogP contribution >= 0.6 is 0 Å². The van der Waals surface area contributed by atoms with Crippen LogP contribution in [0.3, 0.4) is 0 Å². The summed E-state index contributed by atoms with van der Waals surface area (Å²) >= 11 is 0. The van der Waals surface area contributed by atoms with Crippen LogP contribution in [-0.4, -0.2) is 34.2 Å². The van der Waals surface area contributed by atoms with Gasteiger partial charge >= 0.3 is 0 Å². The molecule has 1 fully saturated rings. The van der Waals surface area contributed by atoms with Gasteiger partial charge in [0.05, 0.1) is 6.10 Å². The molecule has 0 bridgehead atoms. The average molecular weight is 143 g/mol. The number of β-amino-alcohol motifs (C(OH)–C–C–N with tert-alkyl or cyclic N) is 1. The Morgan fingerprint density at radius 1 is 1.40 bits per heavy atom. The fourth-order valence-electron chi connectivity index (χ4n) is 1.47. The van der Waals surface area contributed by atoms with Crippen molar-refractivity contribution in [3.63, 3.8) is 0 Å². The largest absolute Gasteiger partial charge is 0.390 e. The molecule has 0 aliphatic carbocycles. The fourth-order valence-corrected chi connectivity index (χ4v) is 1.47. The molecule has 0 amide bonds. The van der Waals surface area contributed by atoms with E-state index in [4.69, 9.17) is 0 Å². The zero-order chi connectivity index (χ0) is 7.94. The Kier molecular flexibility index (Phi) is 1.77. The van der Waals surface area contributed by atoms with E-state index in [2.05, 4.69) is 32.6 Å². The van der Waals surface area contributed by atoms with Crippen molar-refractivity contribution in [3.8, 4) is 0 Å². The van der Waals surface area contributed by atoms with Gasteiger partial charge in [-0.15, -0.1) is 0 Å². The van der Waals surface area contributed by atoms with Gasteiger partial charge in [-0.25, -0.2) is 0 Å². The summed E-state index contributed by atoms with van der Waals surface area (Å²) in [6.07, 6.45) is -0.0979. The molecule has 0 saturated carbocycles. The predicted octanol–water partition coefficient (Wildman–Crippen LogP) is 0.850. The van der Waals surface area contributed by atoms with E-state index in [9.17, 15) is 5.11 Å². The van der Waals surface area contributed by atoms with Gasteiger partial charge in [0.1, 0.15) is 0 Å². The number of rotatable bonds is 0. The SMILES string of the molecule is C[C@@H]1[C@H](O)CN1C(C)(C)C. The molecule has 10 heavy (non-hydrogen) atoms. The Bertz CT molecular complexity index is 128. The quantitative estimate of drug-likeness (QED) is 0.543. The van der Waals surface area contributed by atoms with E-state index in [1.165, 1.54) is 0 Å². The Balaban J connectivity index is 2.48. The third kappa shape index (κ3) is 1.18. The van der Waals surface area contributed by atoms with E-state index in [1.807, 2.05) is 0 Å². The third-order valence-corrected chi connectivity index (χ3v) is 2.29. The lowest BCUT2D eigenvalue weighted by atomic mass is 9.92. The normalized spacial score (nSPS) is 35.7. The summed E-state index contributed by atoms with van der Waals surface area (Å²) in [4.78, 5) is 2.30. The first kappa shape index (κ1) is 8.02. The molecule has 2 heteroatoms. The second-order valence-corrected chi connectivity index (χ2v) is 4.13. The van der Waals surface area contributed by atoms with E-state index in [0.717, 1.165) is 6.54 Å². The summed E-state index contributed by atoms with van der Waals surface area (Å²) < 4.78 is 0. The topological polar surface area (TPSA) is 23.5 Å². The number of aliphatic hydroxyl groups excluding tert-OH is 1. The zero-order valence-corrected chi connectivity index (χ0v) is 7.26. The van der Waals surface area contributed by atoms with Gasteiger partial charge in [-0.3, -0.25) is 4.90 Å². The molecule has 1 N–H and O–H groups in total. The lowest BCUT2D eigenvalue weighted by molar-refractivity contribution is -0.0984. The Hall–Kier alpha value is -0.0800. The predicted molar refractivity (Wildman–Crippen MR) is 41.9 cm³/mol. The molecule has 0 unspecified atom stereocenters. The standard InChI is InChI=1S/C8H17NO/c1-6-7(10)5-9(6)8(2,3)4/h6-7,10H,5H2,1-4H3/t6-,7-/m1/s1. The fraction of sp³-hybridized carbons (Fsp3) is 1.00. The van der Waals surface area contributed by atoms with Gasteiger partial charge in [-0.1, -0.05) is 0 Å². The number of nitrogens with zero attached hydrogens (tertiary/aromatic N) is 1. The molecule has 2 atom stereocenters. The molecule has 0 radical (unpaired) electrons. The minimum absolute atomic E-state index is 0.0979. The van der Waals surface area contributed by atoms with Crippen LogP contribution in [0.1, 0.15) is 27.7 Å². The zero-order valence-electron chi connectivity index (χ0n) is 7.26. The molecule has 1 aliphatic rings. The maximum absolute atomic E-state index is 9.21. The average Bonchev–Trinajstić information content (AvgIpc) is 1.79. The number of aliphatic hydroxyl groups is 1. The van der Waals surface area contributed by atoms with Crippen molar-refractivity contribution < 1.29 is 5.11 Å². The highest BCUT2D eigenvalue weighted by molar-refractivity contribution is 4.95. The van der Waals surface area contributed by atoms with Crippen LogP contribution in [0.25, 0.3) is 0 Å². The van der Waals surface area contributed by atoms with Gasteiger partial charge in [0.15, 0.2) is 0 Å². The summed E-state index contributed by atoms with van der Waals surface area (Å²) in [5.74, 6) is 0. The van der Waals surface area contributed by atoms with Crippen LogP contribution in [0, 0.1) is 0 Å². The van der Waals surface area contributed by atoms with Crippen molar-refractivity contribution in [1.82, 2.24) is 4.90 Å². The van der Waals surface area contributed by atoms with Crippen molar-refractivity contribution in [2.75, 3.05) is 6.54 Å². The van der Waals surface area contributed by atoms with E-state index in [1.54, 1.807) is 0 Å². The van der Waals surface area contributed by atoms with Gasteiger partial charge in [0.2, 0.25) is 0 Å². The highest BCUT2D eigenvalue weighted by Gasteiger charge is 2.39. The number of hydrogen-bond acceptors (Lipinski definition) is 2. The Morgan fingerprint density at radius 3 is 2.00 bits per heavy atom. The molecule has 2 nitrogen and oxygen atoms in total. The highest BCUT2D eigenvalue weighted by atomic mass is 16.3. The van der Waals surface area contributed by atoms with Crippen molar-refractivity contribution in [1.29, 1.82) is 0 Å². The van der Waals surface area contributed by atoms with Crippen molar-refractivity contribution >= 4 is 0 Å². The minimum atomic E-state index is -0.0979. The second kappa shape index (κ2) is 2.21. The first-order chi connectivity index (χ1) is 4.43. The number of likely N-dealkylation sites (tertiary alicyclic amines) is 1. The number of hydrogen-bond donors (Lipinski definition) is 1. The van der Waals surface area contributed by atoms with Crippen LogP contribution in [0.15, 0.2) is 0 Å². The highest BCUT2D eigenvalue weighted by Crippen LogP contribution is 2.26. The van der Waals surface area contributed by atoms with E-state index >= 15 is 0 Å². The van der Waals surface area contributed by atoms with Gasteiger partial charge in [-0.2, -0.15) is 0 Å². The Morgan fingerprint density at radius 2 is 1.90 bits per heavy atom. The monoisotopic (exact) mass is 143 g/mol. The first-order valence-corrected chi connectivity index (χ1v) is 3.88. The molecule has 0 aromatic carbocycles. The molecular weight excluding hydrogens is 126 g/mol. The van der Waals surface area contributed by atoms with Crippen LogP contribution in [0.4, 0.5) is 0 Å². The summed E-state index contributed by atoms with van der Waals surface area (Å²) in [5.41, 5.74) is 0.221. The molecule has 1 heterocycles. The molecule has 1 rings (SSSR count). The van der Waals surface area contributed by atoms with Crippen molar-refractivity contribution in [2.24, 2.45) is 0 Å². The van der Waals surface area contributed by atoms with E-state index < -0.39 is 0 Å². The lowest BCUT2D eigenvalue weighted by Crippen LogP contribution is -2.64. The van der Waals surface area contributed by atoms with Gasteiger partial charge in [0, 0.05) is 18.1 Å². The maximum Gasteiger partial charge on any atom is 0.0819 e. The summed E-state index contributed by atoms with van der Waals surface area (Å²) in [6.45, 7) is 9.43. The van der Waals surface area contributed by atoms with Gasteiger partial charge in [0.25, 0.3) is 0 Å². The minimum Gasteiger partial charge on any atom is -0.390 e. The van der Waals surface area contributed by atoms with Crippen LogP contribution < -0.4 is 0 Å². The molecule has 0 aromatic rings. The van der Waals surface area contributed by atoms with E-state index in [-0.39, 0.29) is 11.6 Å². The first-order valence-electron chi connectivity index (χ1n) is 3.88.